The van der Waals surface area contributed by atoms with E-state index in [-0.39, 0.29) is 0 Å². The lowest BCUT2D eigenvalue weighted by atomic mass is 10.1. The summed E-state index contributed by atoms with van der Waals surface area (Å²) >= 11 is 0. The van der Waals surface area contributed by atoms with Gasteiger partial charge < -0.3 is 5.32 Å². The van der Waals surface area contributed by atoms with Gasteiger partial charge in [0, 0.05) is 7.05 Å². The molecule has 0 amide bonds. The second kappa shape index (κ2) is 4.92. The highest BCUT2D eigenvalue weighted by atomic mass is 15.3. The Morgan fingerprint density at radius 1 is 1.15 bits per heavy atom. The van der Waals surface area contributed by atoms with Crippen LogP contribution in [0, 0.1) is 13.8 Å². The maximum absolute atomic E-state index is 4.52. The predicted molar refractivity (Wildman–Crippen MR) is 79.9 cm³/mol. The SMILES string of the molecule is CNc1nc(C)nc2c1cnn2Cc1ccccc1C. The van der Waals surface area contributed by atoms with Crippen molar-refractivity contribution in [1.82, 2.24) is 19.7 Å². The van der Waals surface area contributed by atoms with Crippen molar-refractivity contribution in [2.75, 3.05) is 12.4 Å². The van der Waals surface area contributed by atoms with Crippen molar-refractivity contribution < 1.29 is 0 Å². The zero-order valence-corrected chi connectivity index (χ0v) is 11.9. The number of fused-ring (bicyclic) bond motifs is 1. The van der Waals surface area contributed by atoms with E-state index in [1.165, 1.54) is 11.1 Å². The van der Waals surface area contributed by atoms with Gasteiger partial charge in [0.05, 0.1) is 18.1 Å². The third kappa shape index (κ3) is 2.11. The Bertz CT molecular complexity index is 760. The third-order valence-corrected chi connectivity index (χ3v) is 3.43. The molecule has 2 heterocycles. The number of nitrogens with one attached hydrogen (secondary N) is 1. The maximum Gasteiger partial charge on any atom is 0.163 e. The molecule has 3 rings (SSSR count). The lowest BCUT2D eigenvalue weighted by Gasteiger charge is -2.07. The molecule has 0 bridgehead atoms. The number of aromatic nitrogens is 4. The van der Waals surface area contributed by atoms with Crippen LogP contribution in [0.3, 0.4) is 0 Å². The summed E-state index contributed by atoms with van der Waals surface area (Å²) in [4.78, 5) is 8.90. The monoisotopic (exact) mass is 267 g/mol. The molecular weight excluding hydrogens is 250 g/mol. The summed E-state index contributed by atoms with van der Waals surface area (Å²) in [5.41, 5.74) is 3.38. The summed E-state index contributed by atoms with van der Waals surface area (Å²) in [6, 6.07) is 8.33. The van der Waals surface area contributed by atoms with Crippen molar-refractivity contribution in [2.24, 2.45) is 0 Å². The van der Waals surface area contributed by atoms with Crippen molar-refractivity contribution >= 4 is 16.9 Å². The quantitative estimate of drug-likeness (QED) is 0.792. The lowest BCUT2D eigenvalue weighted by molar-refractivity contribution is 0.699. The average molecular weight is 267 g/mol. The highest BCUT2D eigenvalue weighted by molar-refractivity contribution is 5.86. The summed E-state index contributed by atoms with van der Waals surface area (Å²) in [6.45, 7) is 4.72. The standard InChI is InChI=1S/C15H17N5/c1-10-6-4-5-7-12(10)9-20-15-13(8-17-20)14(16-3)18-11(2)19-15/h4-8H,9H2,1-3H3,(H,16,18,19). The van der Waals surface area contributed by atoms with Crippen LogP contribution in [-0.2, 0) is 6.54 Å². The molecule has 0 fully saturated rings. The first-order valence-corrected chi connectivity index (χ1v) is 6.61. The fraction of sp³-hybridized carbons (Fsp3) is 0.267. The molecule has 0 aliphatic carbocycles. The third-order valence-electron chi connectivity index (χ3n) is 3.43. The fourth-order valence-electron chi connectivity index (χ4n) is 2.32. The summed E-state index contributed by atoms with van der Waals surface area (Å²) < 4.78 is 1.92. The number of nitrogens with zero attached hydrogens (tertiary/aromatic N) is 4. The first-order chi connectivity index (χ1) is 9.69. The van der Waals surface area contributed by atoms with Crippen LogP contribution < -0.4 is 5.32 Å². The molecule has 0 spiro atoms. The van der Waals surface area contributed by atoms with Crippen molar-refractivity contribution in [1.29, 1.82) is 0 Å². The molecule has 5 nitrogen and oxygen atoms in total. The largest absolute Gasteiger partial charge is 0.372 e. The molecule has 0 saturated heterocycles. The second-order valence-corrected chi connectivity index (χ2v) is 4.84. The molecule has 1 N–H and O–H groups in total. The number of anilines is 1. The van der Waals surface area contributed by atoms with Crippen LogP contribution >= 0.6 is 0 Å². The Labute approximate surface area is 117 Å². The Balaban J connectivity index is 2.09. The minimum absolute atomic E-state index is 0.718. The van der Waals surface area contributed by atoms with Crippen molar-refractivity contribution in [3.8, 4) is 0 Å². The van der Waals surface area contributed by atoms with Crippen LogP contribution in [0.2, 0.25) is 0 Å². The van der Waals surface area contributed by atoms with E-state index in [2.05, 4.69) is 39.4 Å². The molecule has 5 heteroatoms. The molecule has 0 aliphatic rings. The molecular formula is C15H17N5. The van der Waals surface area contributed by atoms with E-state index in [0.29, 0.717) is 0 Å². The van der Waals surface area contributed by atoms with Crippen LogP contribution in [-0.4, -0.2) is 26.8 Å². The Morgan fingerprint density at radius 3 is 2.70 bits per heavy atom. The van der Waals surface area contributed by atoms with Crippen LogP contribution in [0.25, 0.3) is 11.0 Å². The normalized spacial score (nSPS) is 10.9. The first kappa shape index (κ1) is 12.6. The topological polar surface area (TPSA) is 55.6 Å². The van der Waals surface area contributed by atoms with Gasteiger partial charge in [-0.25, -0.2) is 14.6 Å². The first-order valence-electron chi connectivity index (χ1n) is 6.61. The summed E-state index contributed by atoms with van der Waals surface area (Å²) in [5, 5.41) is 8.50. The number of benzene rings is 1. The average Bonchev–Trinajstić information content (AvgIpc) is 2.83. The molecule has 20 heavy (non-hydrogen) atoms. The molecule has 1 aromatic carbocycles. The molecule has 0 unspecified atom stereocenters. The van der Waals surface area contributed by atoms with E-state index in [9.17, 15) is 0 Å². The molecule has 3 aromatic rings. The minimum atomic E-state index is 0.718. The number of rotatable bonds is 3. The zero-order valence-electron chi connectivity index (χ0n) is 11.9. The van der Waals surface area contributed by atoms with E-state index in [0.717, 1.165) is 29.2 Å². The Morgan fingerprint density at radius 2 is 1.95 bits per heavy atom. The molecule has 102 valence electrons. The number of aryl methyl sites for hydroxylation is 2. The van der Waals surface area contributed by atoms with Gasteiger partial charge in [-0.2, -0.15) is 5.10 Å². The van der Waals surface area contributed by atoms with Gasteiger partial charge in [-0.05, 0) is 25.0 Å². The van der Waals surface area contributed by atoms with Gasteiger partial charge in [0.2, 0.25) is 0 Å². The van der Waals surface area contributed by atoms with E-state index < -0.39 is 0 Å². The number of hydrogen-bond donors (Lipinski definition) is 1. The van der Waals surface area contributed by atoms with Crippen LogP contribution in [0.4, 0.5) is 5.82 Å². The smallest absolute Gasteiger partial charge is 0.163 e. The second-order valence-electron chi connectivity index (χ2n) is 4.84. The van der Waals surface area contributed by atoms with Gasteiger partial charge in [0.15, 0.2) is 5.65 Å². The Hall–Kier alpha value is -2.43. The number of hydrogen-bond acceptors (Lipinski definition) is 4. The Kier molecular flexibility index (Phi) is 3.10. The fourth-order valence-corrected chi connectivity index (χ4v) is 2.32. The van der Waals surface area contributed by atoms with Crippen molar-refractivity contribution in [3.63, 3.8) is 0 Å². The molecule has 0 atom stereocenters. The van der Waals surface area contributed by atoms with Crippen molar-refractivity contribution in [2.45, 2.75) is 20.4 Å². The predicted octanol–water partition coefficient (Wildman–Crippen LogP) is 2.53. The highest BCUT2D eigenvalue weighted by Gasteiger charge is 2.11. The van der Waals surface area contributed by atoms with Crippen LogP contribution in [0.15, 0.2) is 30.5 Å². The van der Waals surface area contributed by atoms with E-state index >= 15 is 0 Å². The van der Waals surface area contributed by atoms with Gasteiger partial charge in [-0.1, -0.05) is 24.3 Å². The van der Waals surface area contributed by atoms with E-state index in [1.807, 2.05) is 37.0 Å². The van der Waals surface area contributed by atoms with Gasteiger partial charge in [0.1, 0.15) is 11.6 Å². The molecule has 0 saturated carbocycles. The van der Waals surface area contributed by atoms with Gasteiger partial charge >= 0.3 is 0 Å². The summed E-state index contributed by atoms with van der Waals surface area (Å²) in [6.07, 6.45) is 1.82. The van der Waals surface area contributed by atoms with Gasteiger partial charge in [0.25, 0.3) is 0 Å². The van der Waals surface area contributed by atoms with Crippen LogP contribution in [0.5, 0.6) is 0 Å². The molecule has 0 radical (unpaired) electrons. The van der Waals surface area contributed by atoms with Gasteiger partial charge in [-0.15, -0.1) is 0 Å². The van der Waals surface area contributed by atoms with Gasteiger partial charge in [-0.3, -0.25) is 0 Å². The van der Waals surface area contributed by atoms with Crippen LogP contribution in [0.1, 0.15) is 17.0 Å². The molecule has 2 aromatic heterocycles. The van der Waals surface area contributed by atoms with E-state index in [1.54, 1.807) is 0 Å². The summed E-state index contributed by atoms with van der Waals surface area (Å²) in [5.74, 6) is 1.57. The summed E-state index contributed by atoms with van der Waals surface area (Å²) in [7, 11) is 1.86. The lowest BCUT2D eigenvalue weighted by Crippen LogP contribution is -2.05. The zero-order chi connectivity index (χ0) is 14.1. The van der Waals surface area contributed by atoms with E-state index in [4.69, 9.17) is 0 Å². The van der Waals surface area contributed by atoms with Crippen molar-refractivity contribution in [3.05, 3.63) is 47.4 Å². The minimum Gasteiger partial charge on any atom is -0.372 e. The highest BCUT2D eigenvalue weighted by Crippen LogP contribution is 2.20. The maximum atomic E-state index is 4.52. The molecule has 0 aliphatic heterocycles.